The minimum atomic E-state index is -0.114. The van der Waals surface area contributed by atoms with Gasteiger partial charge in [0, 0.05) is 32.7 Å². The van der Waals surface area contributed by atoms with Crippen molar-refractivity contribution in [1.29, 1.82) is 0 Å². The van der Waals surface area contributed by atoms with E-state index in [2.05, 4.69) is 41.1 Å². The highest BCUT2D eigenvalue weighted by molar-refractivity contribution is 6.08. The Morgan fingerprint density at radius 3 is 2.36 bits per heavy atom. The van der Waals surface area contributed by atoms with Crippen molar-refractivity contribution in [3.8, 4) is 11.5 Å². The Morgan fingerprint density at radius 1 is 1.00 bits per heavy atom. The molecule has 2 aromatic rings. The maximum atomic E-state index is 12.6. The molecule has 2 aromatic carbocycles. The van der Waals surface area contributed by atoms with Crippen LogP contribution in [0.3, 0.4) is 0 Å². The van der Waals surface area contributed by atoms with Crippen molar-refractivity contribution in [3.05, 3.63) is 65.2 Å². The van der Waals surface area contributed by atoms with Crippen LogP contribution in [0.25, 0.3) is 6.08 Å². The summed E-state index contributed by atoms with van der Waals surface area (Å²) < 4.78 is 10.5. The highest BCUT2D eigenvalue weighted by Gasteiger charge is 2.14. The van der Waals surface area contributed by atoms with E-state index >= 15 is 0 Å². The second-order valence-corrected chi connectivity index (χ2v) is 7.08. The lowest BCUT2D eigenvalue weighted by Crippen LogP contribution is -2.43. The largest absolute Gasteiger partial charge is 0.497 e. The lowest BCUT2D eigenvalue weighted by Gasteiger charge is -2.32. The van der Waals surface area contributed by atoms with E-state index in [0.29, 0.717) is 17.1 Å². The molecule has 0 atom stereocenters. The average molecular weight is 380 g/mol. The molecule has 0 amide bonds. The van der Waals surface area contributed by atoms with Crippen LogP contribution in [-0.4, -0.2) is 63.0 Å². The molecule has 1 heterocycles. The number of ether oxygens (including phenoxy) is 2. The Bertz CT molecular complexity index is 822. The molecule has 0 radical (unpaired) electrons. The van der Waals surface area contributed by atoms with Gasteiger partial charge in [-0.25, -0.2) is 0 Å². The number of carbonyl (C=O) groups is 1. The van der Waals surface area contributed by atoms with Crippen LogP contribution in [0.2, 0.25) is 0 Å². The molecule has 28 heavy (non-hydrogen) atoms. The van der Waals surface area contributed by atoms with Crippen molar-refractivity contribution in [3.63, 3.8) is 0 Å². The van der Waals surface area contributed by atoms with Crippen molar-refractivity contribution in [2.45, 2.75) is 6.54 Å². The van der Waals surface area contributed by atoms with Crippen LogP contribution in [0, 0.1) is 0 Å². The Kier molecular flexibility index (Phi) is 6.85. The summed E-state index contributed by atoms with van der Waals surface area (Å²) >= 11 is 0. The Morgan fingerprint density at radius 2 is 1.71 bits per heavy atom. The molecule has 1 aliphatic heterocycles. The number of ketones is 1. The van der Waals surface area contributed by atoms with Crippen LogP contribution in [-0.2, 0) is 6.54 Å². The minimum absolute atomic E-state index is 0.114. The highest BCUT2D eigenvalue weighted by atomic mass is 16.5. The Labute approximate surface area is 167 Å². The summed E-state index contributed by atoms with van der Waals surface area (Å²) in [7, 11) is 5.30. The van der Waals surface area contributed by atoms with Gasteiger partial charge in [0.25, 0.3) is 0 Å². The zero-order chi connectivity index (χ0) is 19.9. The summed E-state index contributed by atoms with van der Waals surface area (Å²) in [4.78, 5) is 17.4. The number of methoxy groups -OCH3 is 2. The smallest absolute Gasteiger partial charge is 0.189 e. The van der Waals surface area contributed by atoms with Gasteiger partial charge < -0.3 is 14.4 Å². The molecular formula is C23H28N2O3. The van der Waals surface area contributed by atoms with Gasteiger partial charge in [-0.15, -0.1) is 0 Å². The average Bonchev–Trinajstić information content (AvgIpc) is 2.74. The maximum Gasteiger partial charge on any atom is 0.189 e. The first-order valence-electron chi connectivity index (χ1n) is 9.53. The van der Waals surface area contributed by atoms with Gasteiger partial charge in [-0.3, -0.25) is 9.69 Å². The van der Waals surface area contributed by atoms with E-state index in [4.69, 9.17) is 9.47 Å². The second-order valence-electron chi connectivity index (χ2n) is 7.08. The lowest BCUT2D eigenvalue weighted by atomic mass is 10.1. The van der Waals surface area contributed by atoms with Gasteiger partial charge in [-0.1, -0.05) is 30.3 Å². The molecule has 0 aromatic heterocycles. The number of rotatable bonds is 7. The van der Waals surface area contributed by atoms with E-state index in [-0.39, 0.29) is 5.78 Å². The molecule has 0 spiro atoms. The van der Waals surface area contributed by atoms with E-state index < -0.39 is 0 Å². The van der Waals surface area contributed by atoms with E-state index in [1.165, 1.54) is 5.56 Å². The van der Waals surface area contributed by atoms with Crippen LogP contribution in [0.1, 0.15) is 21.5 Å². The van der Waals surface area contributed by atoms with E-state index in [0.717, 1.165) is 38.3 Å². The molecule has 148 valence electrons. The second kappa shape index (κ2) is 9.53. The fourth-order valence-corrected chi connectivity index (χ4v) is 3.27. The molecule has 0 saturated carbocycles. The summed E-state index contributed by atoms with van der Waals surface area (Å²) in [6, 6.07) is 13.6. The molecule has 1 saturated heterocycles. The SMILES string of the molecule is COc1ccc(OC)c(C(=O)C=Cc2ccc(CN3CCN(C)CC3)cc2)c1. The first-order valence-corrected chi connectivity index (χ1v) is 9.53. The molecule has 3 rings (SSSR count). The van der Waals surface area contributed by atoms with Crippen molar-refractivity contribution < 1.29 is 14.3 Å². The summed E-state index contributed by atoms with van der Waals surface area (Å²) in [6.07, 6.45) is 3.41. The van der Waals surface area contributed by atoms with E-state index in [9.17, 15) is 4.79 Å². The third-order valence-corrected chi connectivity index (χ3v) is 5.08. The number of hydrogen-bond donors (Lipinski definition) is 0. The summed E-state index contributed by atoms with van der Waals surface area (Å²) in [5, 5.41) is 0. The summed E-state index contributed by atoms with van der Waals surface area (Å²) in [6.45, 7) is 5.43. The van der Waals surface area contributed by atoms with Gasteiger partial charge in [0.05, 0.1) is 19.8 Å². The molecular weight excluding hydrogens is 352 g/mol. The molecule has 0 bridgehead atoms. The first-order chi connectivity index (χ1) is 13.6. The van der Waals surface area contributed by atoms with E-state index in [1.54, 1.807) is 38.5 Å². The van der Waals surface area contributed by atoms with Gasteiger partial charge >= 0.3 is 0 Å². The van der Waals surface area contributed by atoms with Crippen LogP contribution >= 0.6 is 0 Å². The first kappa shape index (κ1) is 20.1. The van der Waals surface area contributed by atoms with Crippen molar-refractivity contribution in [2.24, 2.45) is 0 Å². The highest BCUT2D eigenvalue weighted by Crippen LogP contribution is 2.25. The summed E-state index contributed by atoms with van der Waals surface area (Å²) in [5.74, 6) is 1.06. The Balaban J connectivity index is 1.63. The lowest BCUT2D eigenvalue weighted by molar-refractivity contribution is 0.104. The van der Waals surface area contributed by atoms with Gasteiger partial charge in [0.2, 0.25) is 0 Å². The minimum Gasteiger partial charge on any atom is -0.497 e. The van der Waals surface area contributed by atoms with Gasteiger partial charge in [0.1, 0.15) is 11.5 Å². The zero-order valence-corrected chi connectivity index (χ0v) is 16.9. The van der Waals surface area contributed by atoms with Crippen LogP contribution < -0.4 is 9.47 Å². The maximum absolute atomic E-state index is 12.6. The number of carbonyl (C=O) groups excluding carboxylic acids is 1. The van der Waals surface area contributed by atoms with Crippen LogP contribution in [0.5, 0.6) is 11.5 Å². The van der Waals surface area contributed by atoms with Crippen molar-refractivity contribution in [2.75, 3.05) is 47.4 Å². The molecule has 1 aliphatic rings. The number of allylic oxidation sites excluding steroid dienone is 1. The third kappa shape index (κ3) is 5.21. The van der Waals surface area contributed by atoms with Crippen molar-refractivity contribution >= 4 is 11.9 Å². The fraction of sp³-hybridized carbons (Fsp3) is 0.348. The molecule has 5 nitrogen and oxygen atoms in total. The number of hydrogen-bond acceptors (Lipinski definition) is 5. The topological polar surface area (TPSA) is 42.0 Å². The predicted molar refractivity (Wildman–Crippen MR) is 112 cm³/mol. The van der Waals surface area contributed by atoms with Gasteiger partial charge in [-0.05, 0) is 42.4 Å². The molecule has 0 unspecified atom stereocenters. The van der Waals surface area contributed by atoms with E-state index in [1.807, 2.05) is 6.08 Å². The normalized spacial score (nSPS) is 15.7. The Hall–Kier alpha value is -2.63. The summed E-state index contributed by atoms with van der Waals surface area (Å²) in [5.41, 5.74) is 2.78. The quantitative estimate of drug-likeness (QED) is 0.544. The molecule has 5 heteroatoms. The number of nitrogens with zero attached hydrogens (tertiary/aromatic N) is 2. The van der Waals surface area contributed by atoms with Crippen LogP contribution in [0.4, 0.5) is 0 Å². The van der Waals surface area contributed by atoms with Gasteiger partial charge in [0.15, 0.2) is 5.78 Å². The van der Waals surface area contributed by atoms with Crippen LogP contribution in [0.15, 0.2) is 48.5 Å². The number of benzene rings is 2. The number of likely N-dealkylation sites (N-methyl/N-ethyl adjacent to an activating group) is 1. The zero-order valence-electron chi connectivity index (χ0n) is 16.9. The molecule has 0 aliphatic carbocycles. The fourth-order valence-electron chi connectivity index (χ4n) is 3.27. The third-order valence-electron chi connectivity index (χ3n) is 5.08. The predicted octanol–water partition coefficient (Wildman–Crippen LogP) is 3.35. The molecule has 0 N–H and O–H groups in total. The standard InChI is InChI=1S/C23H28N2O3/c1-24-12-14-25(15-13-24)17-19-6-4-18(5-7-19)8-10-22(26)21-16-20(27-2)9-11-23(21)28-3/h4-11,16H,12-15,17H2,1-3H3. The molecule has 1 fully saturated rings. The van der Waals surface area contributed by atoms with Crippen molar-refractivity contribution in [1.82, 2.24) is 9.80 Å². The number of piperazine rings is 1. The van der Waals surface area contributed by atoms with Gasteiger partial charge in [-0.2, -0.15) is 0 Å². The monoisotopic (exact) mass is 380 g/mol.